The number of nitrogens with zero attached hydrogens (tertiary/aromatic N) is 1. The van der Waals surface area contributed by atoms with Crippen LogP contribution in [0.4, 0.5) is 0 Å². The predicted molar refractivity (Wildman–Crippen MR) is 137 cm³/mol. The topological polar surface area (TPSA) is 121 Å². The zero-order valence-electron chi connectivity index (χ0n) is 19.4. The van der Waals surface area contributed by atoms with Gasteiger partial charge in [-0.3, -0.25) is 15.7 Å². The van der Waals surface area contributed by atoms with Crippen molar-refractivity contribution in [2.45, 2.75) is 19.4 Å². The molecular formula is C27H33N5O2. The van der Waals surface area contributed by atoms with Crippen molar-refractivity contribution in [3.05, 3.63) is 95.6 Å². The molecule has 7 nitrogen and oxygen atoms in total. The van der Waals surface area contributed by atoms with Crippen molar-refractivity contribution in [1.82, 2.24) is 4.90 Å². The summed E-state index contributed by atoms with van der Waals surface area (Å²) >= 11 is 0. The van der Waals surface area contributed by atoms with Gasteiger partial charge in [0, 0.05) is 30.8 Å². The largest absolute Gasteiger partial charge is 0.494 e. The van der Waals surface area contributed by atoms with E-state index in [-0.39, 0.29) is 11.7 Å². The number of hydrogen-bond donors (Lipinski definition) is 4. The van der Waals surface area contributed by atoms with Gasteiger partial charge in [0.1, 0.15) is 23.2 Å². The smallest absolute Gasteiger partial charge is 0.122 e. The first-order chi connectivity index (χ1) is 16.5. The van der Waals surface area contributed by atoms with E-state index in [0.29, 0.717) is 24.3 Å². The molecular weight excluding hydrogens is 426 g/mol. The number of nitrogen functional groups attached to an aromatic ring is 2. The fraction of sp³-hybridized carbons (Fsp3) is 0.259. The molecule has 0 heterocycles. The maximum atomic E-state index is 7.47. The monoisotopic (exact) mass is 459 g/mol. The minimum Gasteiger partial charge on any atom is -0.494 e. The Labute approximate surface area is 201 Å². The quantitative estimate of drug-likeness (QED) is 0.165. The third-order valence-electron chi connectivity index (χ3n) is 5.35. The third kappa shape index (κ3) is 8.26. The van der Waals surface area contributed by atoms with Gasteiger partial charge in [-0.25, -0.2) is 0 Å². The molecule has 0 aliphatic rings. The standard InChI is InChI=1S/C27H33N5O2/c28-26(29)22-8-12-24(13-9-22)33-18-4-16-32(20-21-6-2-1-3-7-21)17-5-19-34-25-14-10-23(11-15-25)27(30)31/h1-3,6-15H,4-5,16-20H2,(H3,28,29)(H3,30,31). The molecule has 0 fully saturated rings. The summed E-state index contributed by atoms with van der Waals surface area (Å²) in [4.78, 5) is 2.42. The zero-order valence-corrected chi connectivity index (χ0v) is 19.4. The van der Waals surface area contributed by atoms with Crippen LogP contribution in [-0.2, 0) is 6.54 Å². The van der Waals surface area contributed by atoms with Crippen molar-refractivity contribution in [1.29, 1.82) is 10.8 Å². The van der Waals surface area contributed by atoms with Crippen molar-refractivity contribution in [3.8, 4) is 11.5 Å². The van der Waals surface area contributed by atoms with Gasteiger partial charge in [0.2, 0.25) is 0 Å². The summed E-state index contributed by atoms with van der Waals surface area (Å²) in [5, 5.41) is 14.9. The minimum absolute atomic E-state index is 0.0557. The van der Waals surface area contributed by atoms with Gasteiger partial charge in [-0.1, -0.05) is 30.3 Å². The van der Waals surface area contributed by atoms with Crippen LogP contribution in [0.15, 0.2) is 78.9 Å². The Morgan fingerprint density at radius 2 is 1.09 bits per heavy atom. The van der Waals surface area contributed by atoms with Gasteiger partial charge in [-0.05, 0) is 66.9 Å². The molecule has 0 spiro atoms. The maximum Gasteiger partial charge on any atom is 0.122 e. The van der Waals surface area contributed by atoms with Crippen molar-refractivity contribution >= 4 is 11.7 Å². The molecule has 3 aromatic rings. The van der Waals surface area contributed by atoms with E-state index in [1.807, 2.05) is 30.3 Å². The molecule has 0 aliphatic heterocycles. The molecule has 3 rings (SSSR count). The molecule has 0 amide bonds. The highest BCUT2D eigenvalue weighted by Crippen LogP contribution is 2.14. The number of nitrogens with one attached hydrogen (secondary N) is 2. The summed E-state index contributed by atoms with van der Waals surface area (Å²) in [5.74, 6) is 1.67. The third-order valence-corrected chi connectivity index (χ3v) is 5.35. The van der Waals surface area contributed by atoms with Gasteiger partial charge in [0.05, 0.1) is 13.2 Å². The number of benzene rings is 3. The van der Waals surface area contributed by atoms with Crippen LogP contribution in [0.2, 0.25) is 0 Å². The second kappa shape index (κ2) is 13.0. The van der Waals surface area contributed by atoms with Crippen molar-refractivity contribution in [2.24, 2.45) is 11.5 Å². The van der Waals surface area contributed by atoms with Crippen LogP contribution in [0.5, 0.6) is 11.5 Å². The molecule has 0 bridgehead atoms. The van der Waals surface area contributed by atoms with E-state index in [4.69, 9.17) is 31.8 Å². The van der Waals surface area contributed by atoms with Gasteiger partial charge in [0.15, 0.2) is 0 Å². The molecule has 0 atom stereocenters. The molecule has 178 valence electrons. The minimum atomic E-state index is 0.0557. The molecule has 0 radical (unpaired) electrons. The Bertz CT molecular complexity index is 971. The lowest BCUT2D eigenvalue weighted by Gasteiger charge is -2.22. The highest BCUT2D eigenvalue weighted by Gasteiger charge is 2.07. The van der Waals surface area contributed by atoms with E-state index in [1.54, 1.807) is 24.3 Å². The fourth-order valence-electron chi connectivity index (χ4n) is 3.53. The lowest BCUT2D eigenvalue weighted by atomic mass is 10.2. The Morgan fingerprint density at radius 1 is 0.647 bits per heavy atom. The highest BCUT2D eigenvalue weighted by molar-refractivity contribution is 5.95. The van der Waals surface area contributed by atoms with Crippen LogP contribution >= 0.6 is 0 Å². The fourth-order valence-corrected chi connectivity index (χ4v) is 3.53. The number of hydrogen-bond acceptors (Lipinski definition) is 5. The van der Waals surface area contributed by atoms with Gasteiger partial charge in [-0.15, -0.1) is 0 Å². The SMILES string of the molecule is N=C(N)c1ccc(OCCCN(CCCOc2ccc(C(=N)N)cc2)Cc2ccccc2)cc1. The summed E-state index contributed by atoms with van der Waals surface area (Å²) in [6.07, 6.45) is 1.79. The second-order valence-corrected chi connectivity index (χ2v) is 8.04. The number of amidine groups is 2. The van der Waals surface area contributed by atoms with Crippen molar-refractivity contribution in [2.75, 3.05) is 26.3 Å². The zero-order chi connectivity index (χ0) is 24.2. The highest BCUT2D eigenvalue weighted by atomic mass is 16.5. The van der Waals surface area contributed by atoms with Crippen LogP contribution in [0.3, 0.4) is 0 Å². The average Bonchev–Trinajstić information content (AvgIpc) is 2.85. The summed E-state index contributed by atoms with van der Waals surface area (Å²) < 4.78 is 11.7. The molecule has 3 aromatic carbocycles. The summed E-state index contributed by atoms with van der Waals surface area (Å²) in [6, 6.07) is 25.0. The molecule has 0 saturated heterocycles. The van der Waals surface area contributed by atoms with E-state index in [0.717, 1.165) is 44.0 Å². The molecule has 6 N–H and O–H groups in total. The number of nitrogens with two attached hydrogens (primary N) is 2. The summed E-state index contributed by atoms with van der Waals surface area (Å²) in [7, 11) is 0. The first kappa shape index (κ1) is 24.8. The number of rotatable bonds is 14. The van der Waals surface area contributed by atoms with Gasteiger partial charge >= 0.3 is 0 Å². The number of ether oxygens (including phenoxy) is 2. The Morgan fingerprint density at radius 3 is 1.50 bits per heavy atom. The van der Waals surface area contributed by atoms with E-state index in [2.05, 4.69) is 29.2 Å². The van der Waals surface area contributed by atoms with Gasteiger partial charge in [0.25, 0.3) is 0 Å². The summed E-state index contributed by atoms with van der Waals surface area (Å²) in [6.45, 7) is 3.93. The maximum absolute atomic E-state index is 7.47. The average molecular weight is 460 g/mol. The molecule has 0 unspecified atom stereocenters. The first-order valence-corrected chi connectivity index (χ1v) is 11.4. The normalized spacial score (nSPS) is 10.7. The molecule has 7 heteroatoms. The molecule has 34 heavy (non-hydrogen) atoms. The first-order valence-electron chi connectivity index (χ1n) is 11.4. The van der Waals surface area contributed by atoms with E-state index < -0.39 is 0 Å². The Hall–Kier alpha value is -3.84. The Balaban J connectivity index is 1.44. The van der Waals surface area contributed by atoms with Gasteiger partial charge in [-0.2, -0.15) is 0 Å². The lowest BCUT2D eigenvalue weighted by molar-refractivity contribution is 0.208. The predicted octanol–water partition coefficient (Wildman–Crippen LogP) is 3.99. The Kier molecular flexibility index (Phi) is 9.49. The van der Waals surface area contributed by atoms with Crippen molar-refractivity contribution < 1.29 is 9.47 Å². The van der Waals surface area contributed by atoms with Crippen LogP contribution in [0.1, 0.15) is 29.5 Å². The van der Waals surface area contributed by atoms with Crippen LogP contribution in [0.25, 0.3) is 0 Å². The van der Waals surface area contributed by atoms with E-state index in [1.165, 1.54) is 5.56 Å². The van der Waals surface area contributed by atoms with E-state index in [9.17, 15) is 0 Å². The lowest BCUT2D eigenvalue weighted by Crippen LogP contribution is -2.27. The molecule has 0 aliphatic carbocycles. The van der Waals surface area contributed by atoms with Crippen LogP contribution in [-0.4, -0.2) is 42.9 Å². The van der Waals surface area contributed by atoms with Crippen LogP contribution < -0.4 is 20.9 Å². The van der Waals surface area contributed by atoms with Crippen LogP contribution in [0, 0.1) is 10.8 Å². The van der Waals surface area contributed by atoms with Gasteiger partial charge < -0.3 is 20.9 Å². The molecule has 0 saturated carbocycles. The van der Waals surface area contributed by atoms with E-state index >= 15 is 0 Å². The molecule has 0 aromatic heterocycles. The van der Waals surface area contributed by atoms with Crippen molar-refractivity contribution in [3.63, 3.8) is 0 Å². The summed E-state index contributed by atoms with van der Waals surface area (Å²) in [5.41, 5.74) is 13.7. The second-order valence-electron chi connectivity index (χ2n) is 8.04.